The average Bonchev–Trinajstić information content (AvgIpc) is 3.48. The minimum absolute atomic E-state index is 0.192. The number of thioether (sulfide) groups is 2. The maximum absolute atomic E-state index is 13.7. The molecule has 1 N–H and O–H groups in total. The summed E-state index contributed by atoms with van der Waals surface area (Å²) >= 11 is 3.85. The van der Waals surface area contributed by atoms with Crippen molar-refractivity contribution in [2.75, 3.05) is 16.8 Å². The second-order valence-corrected chi connectivity index (χ2v) is 10.0. The van der Waals surface area contributed by atoms with Crippen LogP contribution < -0.4 is 5.32 Å². The summed E-state index contributed by atoms with van der Waals surface area (Å²) in [5, 5.41) is 2.87. The van der Waals surface area contributed by atoms with Crippen molar-refractivity contribution in [2.45, 2.75) is 11.1 Å². The highest BCUT2D eigenvalue weighted by Crippen LogP contribution is 2.45. The van der Waals surface area contributed by atoms with Gasteiger partial charge in [0.25, 0.3) is 5.91 Å². The molecule has 4 nitrogen and oxygen atoms in total. The molecular weight excluding hydrogens is 448 g/mol. The number of alkyl halides is 2. The first kappa shape index (κ1) is 21.0. The molecule has 1 saturated heterocycles. The van der Waals surface area contributed by atoms with Crippen molar-refractivity contribution < 1.29 is 13.6 Å². The molecule has 0 unspecified atom stereocenters. The number of hydrogen-bond donors (Lipinski definition) is 1. The van der Waals surface area contributed by atoms with Gasteiger partial charge in [0.05, 0.1) is 15.6 Å². The highest BCUT2D eigenvalue weighted by atomic mass is 32.2. The van der Waals surface area contributed by atoms with Gasteiger partial charge >= 0.3 is 6.55 Å². The highest BCUT2D eigenvalue weighted by Gasteiger charge is 2.20. The summed E-state index contributed by atoms with van der Waals surface area (Å²) in [7, 11) is 0. The Hall–Kier alpha value is -2.84. The number of carbonyl (C=O) groups excluding carboxylic acids is 1. The van der Waals surface area contributed by atoms with E-state index >= 15 is 0 Å². The van der Waals surface area contributed by atoms with Crippen molar-refractivity contribution in [1.82, 2.24) is 9.55 Å². The van der Waals surface area contributed by atoms with E-state index in [1.165, 1.54) is 5.56 Å². The molecule has 0 atom stereocenters. The van der Waals surface area contributed by atoms with Gasteiger partial charge in [0, 0.05) is 28.3 Å². The van der Waals surface area contributed by atoms with Crippen LogP contribution in [0.1, 0.15) is 27.1 Å². The molecule has 2 heterocycles. The third-order valence-corrected chi connectivity index (χ3v) is 8.36. The standard InChI is InChI=1S/C24H19F2N3OS2/c25-24(26)29-20-4-2-1-3-19(20)28-21(29)15-9-11-18(12-10-15)27-22(30)16-5-7-17(8-6-16)23-31-13-14-32-23/h1-12,23-24H,13-14H2,(H,27,30). The van der Waals surface area contributed by atoms with Crippen LogP contribution in [0, 0.1) is 0 Å². The fourth-order valence-corrected chi connectivity index (χ4v) is 6.55. The first-order valence-corrected chi connectivity index (χ1v) is 12.2. The smallest absolute Gasteiger partial charge is 0.320 e. The van der Waals surface area contributed by atoms with Gasteiger partial charge in [-0.15, -0.1) is 23.5 Å². The van der Waals surface area contributed by atoms with Crippen molar-refractivity contribution in [3.8, 4) is 11.4 Å². The predicted molar refractivity (Wildman–Crippen MR) is 128 cm³/mol. The van der Waals surface area contributed by atoms with E-state index in [4.69, 9.17) is 0 Å². The van der Waals surface area contributed by atoms with E-state index in [0.717, 1.165) is 16.1 Å². The number of carbonyl (C=O) groups is 1. The zero-order chi connectivity index (χ0) is 22.1. The van der Waals surface area contributed by atoms with E-state index in [2.05, 4.69) is 10.3 Å². The number of aromatic nitrogens is 2. The summed E-state index contributed by atoms with van der Waals surface area (Å²) in [4.78, 5) is 17.0. The van der Waals surface area contributed by atoms with Gasteiger partial charge in [-0.3, -0.25) is 9.36 Å². The molecule has 3 aromatic carbocycles. The van der Waals surface area contributed by atoms with E-state index < -0.39 is 6.55 Å². The van der Waals surface area contributed by atoms with Gasteiger partial charge in [-0.2, -0.15) is 8.78 Å². The molecule has 1 aliphatic rings. The fourth-order valence-electron chi connectivity index (χ4n) is 3.69. The van der Waals surface area contributed by atoms with Crippen molar-refractivity contribution in [3.63, 3.8) is 0 Å². The largest absolute Gasteiger partial charge is 0.322 e. The molecule has 1 fully saturated rings. The molecule has 1 aliphatic heterocycles. The summed E-state index contributed by atoms with van der Waals surface area (Å²) < 4.78 is 28.8. The van der Waals surface area contributed by atoms with Gasteiger partial charge in [-0.25, -0.2) is 4.98 Å². The lowest BCUT2D eigenvalue weighted by atomic mass is 10.1. The Morgan fingerprint density at radius 2 is 1.66 bits per heavy atom. The van der Waals surface area contributed by atoms with Crippen LogP contribution >= 0.6 is 23.5 Å². The van der Waals surface area contributed by atoms with Crippen LogP contribution in [0.4, 0.5) is 14.5 Å². The Balaban J connectivity index is 1.34. The zero-order valence-corrected chi connectivity index (χ0v) is 18.5. The molecule has 0 spiro atoms. The molecule has 1 amide bonds. The molecule has 0 bridgehead atoms. The maximum atomic E-state index is 13.7. The number of anilines is 1. The number of halogens is 2. The first-order valence-electron chi connectivity index (χ1n) is 10.1. The number of fused-ring (bicyclic) bond motifs is 1. The molecule has 0 radical (unpaired) electrons. The molecule has 8 heteroatoms. The second kappa shape index (κ2) is 8.96. The van der Waals surface area contributed by atoms with E-state index in [1.807, 2.05) is 47.8 Å². The Morgan fingerprint density at radius 3 is 2.34 bits per heavy atom. The van der Waals surface area contributed by atoms with Crippen molar-refractivity contribution >= 4 is 46.2 Å². The van der Waals surface area contributed by atoms with E-state index in [9.17, 15) is 13.6 Å². The Labute approximate surface area is 192 Å². The number of nitrogens with zero attached hydrogens (tertiary/aromatic N) is 2. The van der Waals surface area contributed by atoms with Crippen molar-refractivity contribution in [2.24, 2.45) is 0 Å². The van der Waals surface area contributed by atoms with Gasteiger partial charge in [-0.05, 0) is 54.1 Å². The van der Waals surface area contributed by atoms with Crippen molar-refractivity contribution in [1.29, 1.82) is 0 Å². The van der Waals surface area contributed by atoms with Gasteiger partial charge in [0.15, 0.2) is 0 Å². The normalized spacial score (nSPS) is 14.3. The van der Waals surface area contributed by atoms with Gasteiger partial charge in [0.2, 0.25) is 0 Å². The zero-order valence-electron chi connectivity index (χ0n) is 16.9. The van der Waals surface area contributed by atoms with Crippen LogP contribution in [0.25, 0.3) is 22.4 Å². The van der Waals surface area contributed by atoms with E-state index in [1.54, 1.807) is 48.5 Å². The Morgan fingerprint density at radius 1 is 0.969 bits per heavy atom. The van der Waals surface area contributed by atoms with Gasteiger partial charge in [-0.1, -0.05) is 24.3 Å². The van der Waals surface area contributed by atoms with Crippen LogP contribution in [-0.4, -0.2) is 27.0 Å². The SMILES string of the molecule is O=C(Nc1ccc(-c2nc3ccccc3n2C(F)F)cc1)c1ccc(C2SCCS2)cc1. The second-order valence-electron chi connectivity index (χ2n) is 7.30. The number of benzene rings is 3. The van der Waals surface area contributed by atoms with Crippen LogP contribution in [0.15, 0.2) is 72.8 Å². The van der Waals surface area contributed by atoms with Crippen LogP contribution in [-0.2, 0) is 0 Å². The number of amides is 1. The molecular formula is C24H19F2N3OS2. The number of para-hydroxylation sites is 2. The summed E-state index contributed by atoms with van der Waals surface area (Å²) in [6.07, 6.45) is 0. The van der Waals surface area contributed by atoms with Crippen molar-refractivity contribution in [3.05, 3.63) is 83.9 Å². The summed E-state index contributed by atoms with van der Waals surface area (Å²) in [6.45, 7) is -2.71. The number of nitrogens with one attached hydrogen (secondary N) is 1. The minimum Gasteiger partial charge on any atom is -0.322 e. The Kier molecular flexibility index (Phi) is 5.89. The average molecular weight is 468 g/mol. The molecule has 4 aromatic rings. The summed E-state index contributed by atoms with van der Waals surface area (Å²) in [6, 6.07) is 21.3. The third-order valence-electron chi connectivity index (χ3n) is 5.26. The first-order chi connectivity index (χ1) is 15.6. The quantitative estimate of drug-likeness (QED) is 0.349. The fraction of sp³-hybridized carbons (Fsp3) is 0.167. The summed E-state index contributed by atoms with van der Waals surface area (Å²) in [5.41, 5.74) is 3.83. The topological polar surface area (TPSA) is 46.9 Å². The molecule has 0 saturated carbocycles. The minimum atomic E-state index is -2.71. The van der Waals surface area contributed by atoms with Gasteiger partial charge < -0.3 is 5.32 Å². The maximum Gasteiger partial charge on any atom is 0.320 e. The van der Waals surface area contributed by atoms with E-state index in [0.29, 0.717) is 32.4 Å². The van der Waals surface area contributed by atoms with Crippen LogP contribution in [0.5, 0.6) is 0 Å². The highest BCUT2D eigenvalue weighted by molar-refractivity contribution is 8.19. The van der Waals surface area contributed by atoms with Crippen LogP contribution in [0.3, 0.4) is 0 Å². The van der Waals surface area contributed by atoms with E-state index in [-0.39, 0.29) is 11.7 Å². The lowest BCUT2D eigenvalue weighted by molar-refractivity contribution is 0.0764. The lowest BCUT2D eigenvalue weighted by Crippen LogP contribution is -2.11. The molecule has 1 aromatic heterocycles. The summed E-state index contributed by atoms with van der Waals surface area (Å²) in [5.74, 6) is 2.29. The third kappa shape index (κ3) is 4.12. The predicted octanol–water partition coefficient (Wildman–Crippen LogP) is 6.83. The molecule has 162 valence electrons. The molecule has 32 heavy (non-hydrogen) atoms. The number of rotatable bonds is 5. The number of imidazole rings is 1. The van der Waals surface area contributed by atoms with Gasteiger partial charge in [0.1, 0.15) is 5.82 Å². The molecule has 5 rings (SSSR count). The van der Waals surface area contributed by atoms with Crippen LogP contribution in [0.2, 0.25) is 0 Å². The molecule has 0 aliphatic carbocycles. The lowest BCUT2D eigenvalue weighted by Gasteiger charge is -2.11. The monoisotopic (exact) mass is 467 g/mol. The number of hydrogen-bond acceptors (Lipinski definition) is 4. The Bertz CT molecular complexity index is 1250.